The maximum Gasteiger partial charge on any atom is 0.349 e. The molecule has 0 radical (unpaired) electrons. The van der Waals surface area contributed by atoms with E-state index in [-0.39, 0.29) is 39.8 Å². The first kappa shape index (κ1) is 54.5. The van der Waals surface area contributed by atoms with Gasteiger partial charge >= 0.3 is 5.97 Å². The van der Waals surface area contributed by atoms with Gasteiger partial charge in [0.1, 0.15) is 17.4 Å². The van der Waals surface area contributed by atoms with Gasteiger partial charge in [-0.2, -0.15) is 0 Å². The number of amides is 2. The number of anilines is 2. The molecular weight excluding hydrogens is 960 g/mol. The number of aliphatic hydroxyl groups excluding tert-OH is 1. The normalized spacial score (nSPS) is 15.7. The summed E-state index contributed by atoms with van der Waals surface area (Å²) in [5.74, 6) is 0.321. The Kier molecular flexibility index (Phi) is 19.9. The number of hydrogen-bond donors (Lipinski definition) is 5. The van der Waals surface area contributed by atoms with Gasteiger partial charge in [0.05, 0.1) is 4.88 Å². The fourth-order valence-electron chi connectivity index (χ4n) is 9.30. The van der Waals surface area contributed by atoms with Gasteiger partial charge in [0.15, 0.2) is 23.2 Å². The number of aromatic nitrogens is 1. The monoisotopic (exact) mass is 1020 g/mol. The summed E-state index contributed by atoms with van der Waals surface area (Å²) in [6.07, 6.45) is 9.84. The number of carbonyl (C=O) groups excluding carboxylic acids is 4. The molecule has 376 valence electrons. The van der Waals surface area contributed by atoms with Gasteiger partial charge in [-0.25, -0.2) is 14.1 Å². The van der Waals surface area contributed by atoms with E-state index < -0.39 is 11.9 Å². The van der Waals surface area contributed by atoms with Crippen molar-refractivity contribution in [1.29, 1.82) is 0 Å². The fraction of sp³-hybridized carbons (Fsp3) is 0.370. The molecule has 4 aromatic carbocycles. The number of rotatable bonds is 18. The molecule has 2 saturated heterocycles. The molecule has 0 aliphatic carbocycles. The summed E-state index contributed by atoms with van der Waals surface area (Å²) in [5, 5.41) is 29.6. The number of ether oxygens (including phenoxy) is 1. The highest BCUT2D eigenvalue weighted by Crippen LogP contribution is 2.46. The number of carboxylic acids is 1. The van der Waals surface area contributed by atoms with E-state index in [1.165, 1.54) is 18.4 Å². The minimum Gasteiger partial charge on any atom is -0.483 e. The average molecular weight is 1020 g/mol. The van der Waals surface area contributed by atoms with Crippen molar-refractivity contribution in [2.75, 3.05) is 57.2 Å². The first-order chi connectivity index (χ1) is 34.4. The van der Waals surface area contributed by atoms with Crippen LogP contribution in [0.5, 0.6) is 5.75 Å². The lowest BCUT2D eigenvalue weighted by atomic mass is 9.84. The summed E-state index contributed by atoms with van der Waals surface area (Å²) >= 11 is 9.47. The van der Waals surface area contributed by atoms with Crippen LogP contribution in [0.2, 0.25) is 5.02 Å². The van der Waals surface area contributed by atoms with E-state index in [2.05, 4.69) is 70.2 Å². The number of carboxylic acid groups (broad SMARTS) is 1. The Bertz CT molecular complexity index is 2810. The topological polar surface area (TPSA) is 190 Å². The lowest BCUT2D eigenvalue weighted by Gasteiger charge is -2.45. The quantitative estimate of drug-likeness (QED) is 0.0311. The molecule has 1 atom stereocenters. The molecule has 0 bridgehead atoms. The predicted molar refractivity (Wildman–Crippen MR) is 288 cm³/mol. The number of fused-ring (bicyclic) bond motifs is 2. The van der Waals surface area contributed by atoms with E-state index in [9.17, 15) is 29.1 Å². The smallest absolute Gasteiger partial charge is 0.349 e. The number of benzene rings is 4. The second-order valence-corrected chi connectivity index (χ2v) is 20.3. The zero-order valence-electron chi connectivity index (χ0n) is 40.8. The molecule has 17 heteroatoms. The number of aldehydes is 2. The van der Waals surface area contributed by atoms with Crippen LogP contribution in [0.25, 0.3) is 32.0 Å². The number of aromatic carboxylic acids is 1. The third-order valence-electron chi connectivity index (χ3n) is 12.8. The molecule has 2 amide bonds. The van der Waals surface area contributed by atoms with Crippen molar-refractivity contribution in [2.24, 2.45) is 0 Å². The molecule has 5 N–H and O–H groups in total. The molecule has 0 saturated carbocycles. The molecule has 1 unspecified atom stereocenters. The number of aliphatic hydroxyl groups is 1. The molecule has 6 aromatic rings. The Morgan fingerprint density at radius 2 is 1.75 bits per heavy atom. The molecule has 2 aromatic heterocycles. The molecule has 2 aliphatic rings. The number of unbranched alkanes of at least 4 members (excludes halogenated alkanes) is 1. The van der Waals surface area contributed by atoms with Crippen LogP contribution in [0.3, 0.4) is 0 Å². The average Bonchev–Trinajstić information content (AvgIpc) is 3.72. The van der Waals surface area contributed by atoms with Gasteiger partial charge in [-0.3, -0.25) is 24.5 Å². The highest BCUT2D eigenvalue weighted by molar-refractivity contribution is 7.96. The Morgan fingerprint density at radius 3 is 2.42 bits per heavy atom. The van der Waals surface area contributed by atoms with Gasteiger partial charge in [0, 0.05) is 77.9 Å². The summed E-state index contributed by atoms with van der Waals surface area (Å²) in [5.41, 5.74) is 4.65. The second kappa shape index (κ2) is 26.0. The number of piperidine rings is 2. The summed E-state index contributed by atoms with van der Waals surface area (Å²) in [4.78, 5) is 66.3. The van der Waals surface area contributed by atoms with Gasteiger partial charge in [-0.15, -0.1) is 11.3 Å². The van der Waals surface area contributed by atoms with E-state index in [0.717, 1.165) is 121 Å². The van der Waals surface area contributed by atoms with Crippen LogP contribution in [-0.4, -0.2) is 109 Å². The Hall–Kier alpha value is -5.88. The zero-order chi connectivity index (χ0) is 51.1. The van der Waals surface area contributed by atoms with Crippen LogP contribution < -0.4 is 25.6 Å². The maximum atomic E-state index is 12.7. The lowest BCUT2D eigenvalue weighted by Crippen LogP contribution is -2.49. The first-order valence-electron chi connectivity index (χ1n) is 23.8. The van der Waals surface area contributed by atoms with Crippen molar-refractivity contribution in [1.82, 2.24) is 19.9 Å². The van der Waals surface area contributed by atoms with Crippen molar-refractivity contribution in [2.45, 2.75) is 82.5 Å². The SMILES string of the molecule is CC1(C)CC(Nc2cccc(-c3sc(C(=O)O)c(OCC=O)c3Cl)c2)CCN1SCc1ccc2cnc(N3CCC(c4ccc(C(=O)NC=O)c5c(C=O)cccc45)CC3)cc2c1.CCCCNC.CO. The molecule has 14 nitrogen and oxygen atoms in total. The van der Waals surface area contributed by atoms with Gasteiger partial charge in [-0.05, 0) is 117 Å². The van der Waals surface area contributed by atoms with Crippen LogP contribution in [0.4, 0.5) is 11.5 Å². The van der Waals surface area contributed by atoms with Crippen molar-refractivity contribution < 1.29 is 38.9 Å². The van der Waals surface area contributed by atoms with E-state index >= 15 is 0 Å². The van der Waals surface area contributed by atoms with Crippen molar-refractivity contribution in [3.8, 4) is 16.2 Å². The van der Waals surface area contributed by atoms with Crippen molar-refractivity contribution in [3.05, 3.63) is 117 Å². The number of nitrogens with one attached hydrogen (secondary N) is 3. The van der Waals surface area contributed by atoms with E-state index in [0.29, 0.717) is 34.1 Å². The Labute approximate surface area is 428 Å². The predicted octanol–water partition coefficient (Wildman–Crippen LogP) is 10.2. The van der Waals surface area contributed by atoms with E-state index in [1.807, 2.05) is 67.7 Å². The number of imide groups is 1. The Balaban J connectivity index is 0.000000960. The third kappa shape index (κ3) is 13.4. The number of pyridine rings is 1. The minimum atomic E-state index is -1.16. The van der Waals surface area contributed by atoms with Crippen LogP contribution in [0, 0.1) is 0 Å². The second-order valence-electron chi connectivity index (χ2n) is 17.9. The summed E-state index contributed by atoms with van der Waals surface area (Å²) < 4.78 is 7.87. The molecular formula is C54H63ClN6O8S2. The molecule has 2 aliphatic heterocycles. The van der Waals surface area contributed by atoms with Crippen LogP contribution in [0.1, 0.15) is 107 Å². The fourth-order valence-corrected chi connectivity index (χ4v) is 11.8. The standard InChI is InChI=1S/C48H46ClN5O7S2.C5H13N.CH4O/c1-48(2)24-36(52-35-7-3-5-31(22-35)44-42(49)43(61-20-19-55)45(63-44)47(59)60)15-18-54(48)62-27-29-9-10-32-25-50-40(23-34(32)21-29)53-16-13-30(14-17-53)37-11-12-39(46(58)51-28-57)41-33(26-56)6-4-8-38(37)41;1-3-4-5-6-2;1-2/h3-12,19,21-23,25-26,28,30,36,52H,13-18,20,24,27H2,1-2H3,(H,59,60)(H,51,57,58);6H,3-5H2,1-2H3;2H,1H3. The third-order valence-corrected chi connectivity index (χ3v) is 15.9. The number of halogens is 1. The van der Waals surface area contributed by atoms with Crippen LogP contribution in [0.15, 0.2) is 85.1 Å². The van der Waals surface area contributed by atoms with Gasteiger partial charge < -0.3 is 30.5 Å². The highest BCUT2D eigenvalue weighted by Gasteiger charge is 2.35. The first-order valence-corrected chi connectivity index (χ1v) is 25.9. The molecule has 2 fully saturated rings. The molecule has 8 rings (SSSR count). The lowest BCUT2D eigenvalue weighted by molar-refractivity contribution is -0.110. The zero-order valence-corrected chi connectivity index (χ0v) is 43.2. The van der Waals surface area contributed by atoms with Gasteiger partial charge in [-0.1, -0.05) is 91.5 Å². The van der Waals surface area contributed by atoms with E-state index in [4.69, 9.17) is 26.4 Å². The largest absolute Gasteiger partial charge is 0.483 e. The molecule has 71 heavy (non-hydrogen) atoms. The number of hydrogen-bond acceptors (Lipinski definition) is 14. The Morgan fingerprint density at radius 1 is 0.972 bits per heavy atom. The van der Waals surface area contributed by atoms with Crippen LogP contribution in [-0.2, 0) is 15.3 Å². The van der Waals surface area contributed by atoms with Crippen molar-refractivity contribution >= 4 is 98.8 Å². The summed E-state index contributed by atoms with van der Waals surface area (Å²) in [7, 11) is 2.98. The van der Waals surface area contributed by atoms with Crippen molar-refractivity contribution in [3.63, 3.8) is 0 Å². The van der Waals surface area contributed by atoms with Gasteiger partial charge in [0.25, 0.3) is 5.91 Å². The van der Waals surface area contributed by atoms with Gasteiger partial charge in [0.2, 0.25) is 6.41 Å². The highest BCUT2D eigenvalue weighted by atomic mass is 35.5. The summed E-state index contributed by atoms with van der Waals surface area (Å²) in [6.45, 7) is 10.1. The number of nitrogens with zero attached hydrogens (tertiary/aromatic N) is 3. The molecule has 4 heterocycles. The van der Waals surface area contributed by atoms with E-state index in [1.54, 1.807) is 12.1 Å². The van der Waals surface area contributed by atoms with Crippen LogP contribution >= 0.6 is 34.9 Å². The number of carbonyl (C=O) groups is 5. The minimum absolute atomic E-state index is 0.0126. The molecule has 0 spiro atoms. The maximum absolute atomic E-state index is 12.7. The number of thiophene rings is 1. The summed E-state index contributed by atoms with van der Waals surface area (Å²) in [6, 6.07) is 25.9.